The molecule has 0 fully saturated rings. The molecule has 0 aliphatic carbocycles. The number of amides is 1. The fourth-order valence-electron chi connectivity index (χ4n) is 3.13. The summed E-state index contributed by atoms with van der Waals surface area (Å²) in [6.45, 7) is 5.56. The maximum atomic E-state index is 13.7. The van der Waals surface area contributed by atoms with Crippen LogP contribution in [0.1, 0.15) is 23.7 Å². The minimum Gasteiger partial charge on any atom is -0.325 e. The third kappa shape index (κ3) is 4.52. The molecule has 3 aromatic rings. The normalized spacial score (nSPS) is 10.7. The zero-order valence-electron chi connectivity index (χ0n) is 16.1. The summed E-state index contributed by atoms with van der Waals surface area (Å²) < 4.78 is 15.0. The molecule has 1 heterocycles. The van der Waals surface area contributed by atoms with Gasteiger partial charge in [0.25, 0.3) is 5.56 Å². The van der Waals surface area contributed by atoms with Crippen LogP contribution in [0.15, 0.2) is 53.3 Å². The molecule has 0 aliphatic rings. The number of hydrogen-bond acceptors (Lipinski definition) is 3. The number of hydrogen-bond donors (Lipinski definition) is 1. The van der Waals surface area contributed by atoms with Crippen LogP contribution in [0.5, 0.6) is 0 Å². The van der Waals surface area contributed by atoms with Crippen molar-refractivity contribution in [1.29, 1.82) is 0 Å². The number of rotatable bonds is 5. The summed E-state index contributed by atoms with van der Waals surface area (Å²) >= 11 is 0. The molecule has 1 amide bonds. The van der Waals surface area contributed by atoms with Crippen molar-refractivity contribution in [3.8, 4) is 11.4 Å². The van der Waals surface area contributed by atoms with E-state index in [0.717, 1.165) is 11.1 Å². The summed E-state index contributed by atoms with van der Waals surface area (Å²) in [4.78, 5) is 29.7. The lowest BCUT2D eigenvalue weighted by Crippen LogP contribution is -2.30. The van der Waals surface area contributed by atoms with Crippen LogP contribution in [0.4, 0.5) is 10.1 Å². The largest absolute Gasteiger partial charge is 0.325 e. The molecule has 2 aromatic carbocycles. The molecule has 0 spiro atoms. The number of anilines is 1. The molecule has 144 valence electrons. The molecule has 0 bridgehead atoms. The minimum atomic E-state index is -0.431. The summed E-state index contributed by atoms with van der Waals surface area (Å²) in [5.74, 6) is -0.505. The Morgan fingerprint density at radius 3 is 2.46 bits per heavy atom. The van der Waals surface area contributed by atoms with Crippen LogP contribution in [0.25, 0.3) is 11.4 Å². The molecule has 0 unspecified atom stereocenters. The Balaban J connectivity index is 1.96. The lowest BCUT2D eigenvalue weighted by molar-refractivity contribution is -0.116. The van der Waals surface area contributed by atoms with Gasteiger partial charge >= 0.3 is 0 Å². The summed E-state index contributed by atoms with van der Waals surface area (Å²) in [6.07, 6.45) is 0.563. The molecule has 28 heavy (non-hydrogen) atoms. The Hall–Kier alpha value is -3.28. The quantitative estimate of drug-likeness (QED) is 0.732. The van der Waals surface area contributed by atoms with Crippen molar-refractivity contribution in [3.05, 3.63) is 81.5 Å². The third-order valence-electron chi connectivity index (χ3n) is 4.31. The lowest BCUT2D eigenvalue weighted by atomic mass is 10.1. The van der Waals surface area contributed by atoms with Gasteiger partial charge in [0.1, 0.15) is 18.2 Å². The first-order valence-corrected chi connectivity index (χ1v) is 9.10. The van der Waals surface area contributed by atoms with Gasteiger partial charge < -0.3 is 5.32 Å². The Kier molecular flexibility index (Phi) is 5.68. The number of nitrogens with zero attached hydrogens (tertiary/aromatic N) is 2. The van der Waals surface area contributed by atoms with Gasteiger partial charge in [0.15, 0.2) is 0 Å². The van der Waals surface area contributed by atoms with E-state index < -0.39 is 5.82 Å². The fraction of sp³-hybridized carbons (Fsp3) is 0.227. The van der Waals surface area contributed by atoms with Gasteiger partial charge in [-0.1, -0.05) is 25.1 Å². The van der Waals surface area contributed by atoms with Crippen molar-refractivity contribution >= 4 is 11.6 Å². The first kappa shape index (κ1) is 19.5. The van der Waals surface area contributed by atoms with Gasteiger partial charge in [-0.25, -0.2) is 9.37 Å². The van der Waals surface area contributed by atoms with E-state index >= 15 is 0 Å². The van der Waals surface area contributed by atoms with Crippen molar-refractivity contribution in [2.75, 3.05) is 5.32 Å². The SMILES string of the molecule is CCc1cc(=O)n(CC(=O)Nc2cc(C)cc(C)c2)c(-c2cccc(F)c2)n1. The van der Waals surface area contributed by atoms with Crippen LogP contribution in [0.3, 0.4) is 0 Å². The second kappa shape index (κ2) is 8.17. The van der Waals surface area contributed by atoms with Crippen LogP contribution in [-0.4, -0.2) is 15.5 Å². The van der Waals surface area contributed by atoms with Gasteiger partial charge in [0, 0.05) is 23.0 Å². The summed E-state index contributed by atoms with van der Waals surface area (Å²) in [6, 6.07) is 13.0. The van der Waals surface area contributed by atoms with Gasteiger partial charge in [0.2, 0.25) is 5.91 Å². The standard InChI is InChI=1S/C22H22FN3O2/c1-4-18-12-21(28)26(22(25-18)16-6-5-7-17(23)11-16)13-20(27)24-19-9-14(2)8-15(3)10-19/h5-12H,4,13H2,1-3H3,(H,24,27). The molecule has 1 aromatic heterocycles. The Morgan fingerprint density at radius 1 is 1.11 bits per heavy atom. The van der Waals surface area contributed by atoms with Gasteiger partial charge in [-0.05, 0) is 55.7 Å². The number of aromatic nitrogens is 2. The first-order chi connectivity index (χ1) is 13.4. The number of carbonyl (C=O) groups excluding carboxylic acids is 1. The molecular weight excluding hydrogens is 357 g/mol. The van der Waals surface area contributed by atoms with Crippen molar-refractivity contribution in [3.63, 3.8) is 0 Å². The van der Waals surface area contributed by atoms with E-state index in [1.165, 1.54) is 22.8 Å². The van der Waals surface area contributed by atoms with Crippen LogP contribution in [-0.2, 0) is 17.8 Å². The zero-order valence-corrected chi connectivity index (χ0v) is 16.1. The summed E-state index contributed by atoms with van der Waals surface area (Å²) in [5.41, 5.74) is 3.42. The molecule has 5 nitrogen and oxygen atoms in total. The monoisotopic (exact) mass is 379 g/mol. The molecular formula is C22H22FN3O2. The number of nitrogens with one attached hydrogen (secondary N) is 1. The minimum absolute atomic E-state index is 0.214. The Labute approximate surface area is 162 Å². The average molecular weight is 379 g/mol. The maximum absolute atomic E-state index is 13.7. The third-order valence-corrected chi connectivity index (χ3v) is 4.31. The molecule has 0 atom stereocenters. The highest BCUT2D eigenvalue weighted by molar-refractivity contribution is 5.91. The second-order valence-corrected chi connectivity index (χ2v) is 6.78. The predicted molar refractivity (Wildman–Crippen MR) is 108 cm³/mol. The fourth-order valence-corrected chi connectivity index (χ4v) is 3.13. The van der Waals surface area contributed by atoms with Crippen LogP contribution in [0.2, 0.25) is 0 Å². The van der Waals surface area contributed by atoms with Gasteiger partial charge in [0.05, 0.1) is 0 Å². The van der Waals surface area contributed by atoms with E-state index in [0.29, 0.717) is 23.4 Å². The maximum Gasteiger partial charge on any atom is 0.254 e. The highest BCUT2D eigenvalue weighted by Crippen LogP contribution is 2.18. The van der Waals surface area contributed by atoms with Crippen molar-refractivity contribution < 1.29 is 9.18 Å². The van der Waals surface area contributed by atoms with Crippen molar-refractivity contribution in [1.82, 2.24) is 9.55 Å². The summed E-state index contributed by atoms with van der Waals surface area (Å²) in [5, 5.41) is 2.82. The van der Waals surface area contributed by atoms with Crippen LogP contribution < -0.4 is 10.9 Å². The molecule has 6 heteroatoms. The second-order valence-electron chi connectivity index (χ2n) is 6.78. The molecule has 1 N–H and O–H groups in total. The van der Waals surface area contributed by atoms with E-state index in [4.69, 9.17) is 0 Å². The first-order valence-electron chi connectivity index (χ1n) is 9.10. The van der Waals surface area contributed by atoms with Crippen molar-refractivity contribution in [2.24, 2.45) is 0 Å². The molecule has 3 rings (SSSR count). The number of carbonyl (C=O) groups is 1. The van der Waals surface area contributed by atoms with E-state index in [-0.39, 0.29) is 23.8 Å². The van der Waals surface area contributed by atoms with E-state index in [1.807, 2.05) is 39.0 Å². The Bertz CT molecular complexity index is 1070. The van der Waals surface area contributed by atoms with Gasteiger partial charge in [-0.15, -0.1) is 0 Å². The molecule has 0 aliphatic heterocycles. The number of benzene rings is 2. The predicted octanol–water partition coefficient (Wildman–Crippen LogP) is 3.87. The van der Waals surface area contributed by atoms with E-state index in [9.17, 15) is 14.0 Å². The Morgan fingerprint density at radius 2 is 1.82 bits per heavy atom. The number of aryl methyl sites for hydroxylation is 3. The van der Waals surface area contributed by atoms with Crippen LogP contribution >= 0.6 is 0 Å². The summed E-state index contributed by atoms with van der Waals surface area (Å²) in [7, 11) is 0. The highest BCUT2D eigenvalue weighted by atomic mass is 19.1. The topological polar surface area (TPSA) is 64.0 Å². The number of halogens is 1. The van der Waals surface area contributed by atoms with E-state index in [1.54, 1.807) is 12.1 Å². The molecule has 0 radical (unpaired) electrons. The van der Waals surface area contributed by atoms with Crippen LogP contribution in [0, 0.1) is 19.7 Å². The average Bonchev–Trinajstić information content (AvgIpc) is 2.62. The zero-order chi connectivity index (χ0) is 20.3. The molecule has 0 saturated carbocycles. The van der Waals surface area contributed by atoms with Crippen molar-refractivity contribution in [2.45, 2.75) is 33.7 Å². The lowest BCUT2D eigenvalue weighted by Gasteiger charge is -2.14. The van der Waals surface area contributed by atoms with Gasteiger partial charge in [-0.3, -0.25) is 14.2 Å². The highest BCUT2D eigenvalue weighted by Gasteiger charge is 2.14. The molecule has 0 saturated heterocycles. The van der Waals surface area contributed by atoms with Gasteiger partial charge in [-0.2, -0.15) is 0 Å². The smallest absolute Gasteiger partial charge is 0.254 e. The van der Waals surface area contributed by atoms with E-state index in [2.05, 4.69) is 10.3 Å².